The standard InChI is InChI=1S/C25H30N4O4S/c1-25(9-10-25)14-22-26-16-21-23(28-22)20(15-27-24(21)33-18-7-11-32-12-8-18)17-5-4-6-19(13-17)34(30,31)29(2)3/h4-6,13,15-16,18H,7-12,14H2,1-3H3. The van der Waals surface area contributed by atoms with Crippen LogP contribution in [0.25, 0.3) is 22.0 Å². The minimum Gasteiger partial charge on any atom is -0.474 e. The number of sulfonamides is 1. The van der Waals surface area contributed by atoms with E-state index in [-0.39, 0.29) is 16.4 Å². The van der Waals surface area contributed by atoms with Crippen LogP contribution in [0, 0.1) is 5.41 Å². The number of aromatic nitrogens is 3. The van der Waals surface area contributed by atoms with E-state index in [1.807, 2.05) is 6.07 Å². The Labute approximate surface area is 200 Å². The van der Waals surface area contributed by atoms with Gasteiger partial charge in [-0.3, -0.25) is 0 Å². The van der Waals surface area contributed by atoms with Crippen molar-refractivity contribution >= 4 is 20.9 Å². The van der Waals surface area contributed by atoms with Gasteiger partial charge in [0.2, 0.25) is 15.9 Å². The fraction of sp³-hybridized carbons (Fsp3) is 0.480. The number of hydrogen-bond acceptors (Lipinski definition) is 7. The van der Waals surface area contributed by atoms with Gasteiger partial charge in [-0.1, -0.05) is 19.1 Å². The van der Waals surface area contributed by atoms with Crippen molar-refractivity contribution in [2.75, 3.05) is 27.3 Å². The smallest absolute Gasteiger partial charge is 0.242 e. The lowest BCUT2D eigenvalue weighted by molar-refractivity contribution is 0.0244. The van der Waals surface area contributed by atoms with E-state index in [0.29, 0.717) is 19.1 Å². The molecule has 0 amide bonds. The number of benzene rings is 1. The van der Waals surface area contributed by atoms with Crippen molar-refractivity contribution in [2.24, 2.45) is 5.41 Å². The second kappa shape index (κ2) is 8.87. The quantitative estimate of drug-likeness (QED) is 0.505. The zero-order valence-corrected chi connectivity index (χ0v) is 20.6. The first kappa shape index (κ1) is 23.1. The first-order valence-electron chi connectivity index (χ1n) is 11.7. The molecule has 0 bridgehead atoms. The molecule has 1 aromatic carbocycles. The van der Waals surface area contributed by atoms with E-state index in [4.69, 9.17) is 14.5 Å². The van der Waals surface area contributed by atoms with E-state index >= 15 is 0 Å². The van der Waals surface area contributed by atoms with Gasteiger partial charge < -0.3 is 9.47 Å². The lowest BCUT2D eigenvalue weighted by Gasteiger charge is -2.23. The first-order chi connectivity index (χ1) is 16.2. The lowest BCUT2D eigenvalue weighted by Crippen LogP contribution is -2.26. The number of nitrogens with zero attached hydrogens (tertiary/aromatic N) is 4. The number of fused-ring (bicyclic) bond motifs is 1. The highest BCUT2D eigenvalue weighted by atomic mass is 32.2. The van der Waals surface area contributed by atoms with Crippen LogP contribution in [0.4, 0.5) is 0 Å². The summed E-state index contributed by atoms with van der Waals surface area (Å²) in [5.41, 5.74) is 2.49. The van der Waals surface area contributed by atoms with E-state index < -0.39 is 10.0 Å². The maximum Gasteiger partial charge on any atom is 0.242 e. The molecule has 3 heterocycles. The molecule has 1 saturated heterocycles. The monoisotopic (exact) mass is 482 g/mol. The van der Waals surface area contributed by atoms with Crippen molar-refractivity contribution < 1.29 is 17.9 Å². The summed E-state index contributed by atoms with van der Waals surface area (Å²) < 4.78 is 38.4. The highest BCUT2D eigenvalue weighted by molar-refractivity contribution is 7.89. The number of ether oxygens (including phenoxy) is 2. The van der Waals surface area contributed by atoms with Gasteiger partial charge in [0, 0.05) is 51.3 Å². The second-order valence-electron chi connectivity index (χ2n) is 9.76. The predicted octanol–water partition coefficient (Wildman–Crippen LogP) is 3.84. The molecular formula is C25H30N4O4S. The van der Waals surface area contributed by atoms with Gasteiger partial charge in [-0.15, -0.1) is 0 Å². The van der Waals surface area contributed by atoms with Gasteiger partial charge >= 0.3 is 0 Å². The average Bonchev–Trinajstić information content (AvgIpc) is 3.56. The van der Waals surface area contributed by atoms with E-state index in [9.17, 15) is 8.42 Å². The van der Waals surface area contributed by atoms with E-state index in [1.54, 1.807) is 30.6 Å². The number of pyridine rings is 1. The van der Waals surface area contributed by atoms with Crippen LogP contribution < -0.4 is 4.74 Å². The summed E-state index contributed by atoms with van der Waals surface area (Å²) in [6.07, 6.45) is 8.37. The zero-order chi connectivity index (χ0) is 23.9. The Morgan fingerprint density at radius 3 is 2.62 bits per heavy atom. The Kier molecular flexibility index (Phi) is 6.03. The summed E-state index contributed by atoms with van der Waals surface area (Å²) in [6, 6.07) is 6.91. The van der Waals surface area contributed by atoms with Crippen molar-refractivity contribution in [3.05, 3.63) is 42.5 Å². The van der Waals surface area contributed by atoms with Crippen LogP contribution in [0.1, 0.15) is 38.4 Å². The van der Waals surface area contributed by atoms with E-state index in [1.165, 1.54) is 31.2 Å². The molecule has 0 radical (unpaired) electrons. The van der Waals surface area contributed by atoms with Gasteiger partial charge in [0.05, 0.1) is 29.0 Å². The molecule has 3 aromatic rings. The maximum atomic E-state index is 12.7. The normalized spacial score (nSPS) is 18.4. The van der Waals surface area contributed by atoms with Crippen molar-refractivity contribution in [3.8, 4) is 17.0 Å². The fourth-order valence-corrected chi connectivity index (χ4v) is 5.13. The summed E-state index contributed by atoms with van der Waals surface area (Å²) in [6.45, 7) is 3.60. The highest BCUT2D eigenvalue weighted by Gasteiger charge is 2.38. The minimum absolute atomic E-state index is 0.0360. The summed E-state index contributed by atoms with van der Waals surface area (Å²) in [5.74, 6) is 1.29. The van der Waals surface area contributed by atoms with Crippen LogP contribution in [-0.2, 0) is 21.2 Å². The SMILES string of the molecule is CN(C)S(=O)(=O)c1cccc(-c2cnc(OC3CCOCC3)c3cnc(CC4(C)CC4)nc23)c1. The molecule has 2 aromatic heterocycles. The first-order valence-corrected chi connectivity index (χ1v) is 13.1. The number of hydrogen-bond donors (Lipinski definition) is 0. The molecular weight excluding hydrogens is 452 g/mol. The molecule has 0 atom stereocenters. The maximum absolute atomic E-state index is 12.7. The molecule has 2 fully saturated rings. The number of rotatable bonds is 7. The van der Waals surface area contributed by atoms with Gasteiger partial charge in [-0.25, -0.2) is 27.7 Å². The van der Waals surface area contributed by atoms with Crippen molar-refractivity contribution in [1.82, 2.24) is 19.3 Å². The van der Waals surface area contributed by atoms with Gasteiger partial charge in [-0.2, -0.15) is 0 Å². The van der Waals surface area contributed by atoms with Gasteiger partial charge in [-0.05, 0) is 36.0 Å². The Bertz CT molecular complexity index is 1320. The van der Waals surface area contributed by atoms with Crippen LogP contribution in [0.3, 0.4) is 0 Å². The van der Waals surface area contributed by atoms with Crippen LogP contribution in [0.5, 0.6) is 5.88 Å². The lowest BCUT2D eigenvalue weighted by atomic mass is 10.0. The van der Waals surface area contributed by atoms with Gasteiger partial charge in [0.15, 0.2) is 0 Å². The minimum atomic E-state index is -3.57. The van der Waals surface area contributed by atoms with Crippen LogP contribution in [0.2, 0.25) is 0 Å². The summed E-state index contributed by atoms with van der Waals surface area (Å²) >= 11 is 0. The van der Waals surface area contributed by atoms with Crippen molar-refractivity contribution in [1.29, 1.82) is 0 Å². The predicted molar refractivity (Wildman–Crippen MR) is 129 cm³/mol. The summed E-state index contributed by atoms with van der Waals surface area (Å²) in [4.78, 5) is 14.4. The van der Waals surface area contributed by atoms with Gasteiger partial charge in [0.1, 0.15) is 11.9 Å². The molecule has 8 nitrogen and oxygen atoms in total. The molecule has 0 unspecified atom stereocenters. The largest absolute Gasteiger partial charge is 0.474 e. The molecule has 0 spiro atoms. The highest BCUT2D eigenvalue weighted by Crippen LogP contribution is 2.47. The Morgan fingerprint density at radius 2 is 1.91 bits per heavy atom. The summed E-state index contributed by atoms with van der Waals surface area (Å²) in [5, 5.41) is 0.731. The molecule has 0 N–H and O–H groups in total. The molecule has 1 aliphatic heterocycles. The van der Waals surface area contributed by atoms with Gasteiger partial charge in [0.25, 0.3) is 0 Å². The van der Waals surface area contributed by atoms with Crippen LogP contribution in [-0.4, -0.2) is 61.1 Å². The molecule has 180 valence electrons. The topological polar surface area (TPSA) is 94.5 Å². The Hall–Kier alpha value is -2.62. The van der Waals surface area contributed by atoms with E-state index in [2.05, 4.69) is 16.9 Å². The Balaban J connectivity index is 1.61. The zero-order valence-electron chi connectivity index (χ0n) is 19.8. The van der Waals surface area contributed by atoms with Crippen LogP contribution in [0.15, 0.2) is 41.6 Å². The Morgan fingerprint density at radius 1 is 1.15 bits per heavy atom. The molecule has 5 rings (SSSR count). The van der Waals surface area contributed by atoms with Crippen molar-refractivity contribution in [2.45, 2.75) is 50.0 Å². The molecule has 1 saturated carbocycles. The van der Waals surface area contributed by atoms with Crippen LogP contribution >= 0.6 is 0 Å². The average molecular weight is 483 g/mol. The third-order valence-corrected chi connectivity index (χ3v) is 8.50. The van der Waals surface area contributed by atoms with Crippen molar-refractivity contribution in [3.63, 3.8) is 0 Å². The molecule has 34 heavy (non-hydrogen) atoms. The summed E-state index contributed by atoms with van der Waals surface area (Å²) in [7, 11) is -0.514. The molecule has 9 heteroatoms. The second-order valence-corrected chi connectivity index (χ2v) is 11.9. The van der Waals surface area contributed by atoms with E-state index in [0.717, 1.165) is 47.1 Å². The third-order valence-electron chi connectivity index (χ3n) is 6.69. The molecule has 1 aliphatic carbocycles. The fourth-order valence-electron chi connectivity index (χ4n) is 4.18. The third kappa shape index (κ3) is 4.64. The molecule has 2 aliphatic rings.